The molecule has 2 aromatic heterocycles. The maximum atomic E-state index is 10.9. The number of carbonyl (C=O) groups is 1. The van der Waals surface area contributed by atoms with Gasteiger partial charge in [-0.1, -0.05) is 0 Å². The number of rotatable bonds is 2. The first-order valence-electron chi connectivity index (χ1n) is 5.51. The first-order chi connectivity index (χ1) is 8.74. The van der Waals surface area contributed by atoms with Crippen LogP contribution in [-0.4, -0.2) is 36.9 Å². The lowest BCUT2D eigenvalue weighted by Crippen LogP contribution is -2.13. The number of nitrogens with zero attached hydrogens (tertiary/aromatic N) is 5. The Morgan fingerprint density at radius 2 is 2.44 bits per heavy atom. The molecule has 0 radical (unpaired) electrons. The summed E-state index contributed by atoms with van der Waals surface area (Å²) >= 11 is 0. The third-order valence-electron chi connectivity index (χ3n) is 2.82. The van der Waals surface area contributed by atoms with Crippen molar-refractivity contribution in [2.45, 2.75) is 18.9 Å². The van der Waals surface area contributed by atoms with Gasteiger partial charge in [-0.3, -0.25) is 9.89 Å². The Bertz CT molecular complexity index is 611. The number of hydrogen-bond donors (Lipinski definition) is 2. The third kappa shape index (κ3) is 1.77. The number of nitrogens with one attached hydrogen (secondary N) is 1. The van der Waals surface area contributed by atoms with E-state index in [4.69, 9.17) is 5.73 Å². The molecule has 3 rings (SSSR count). The van der Waals surface area contributed by atoms with E-state index < -0.39 is 5.91 Å². The predicted octanol–water partition coefficient (Wildman–Crippen LogP) is -0.0101. The molecule has 8 heteroatoms. The normalized spacial score (nSPS) is 18.3. The number of hydrogen-bond acceptors (Lipinski definition) is 5. The quantitative estimate of drug-likeness (QED) is 0.774. The first kappa shape index (κ1) is 10.6. The lowest BCUT2D eigenvalue weighted by Gasteiger charge is -2.05. The Kier molecular flexibility index (Phi) is 2.40. The minimum atomic E-state index is -0.643. The smallest absolute Gasteiger partial charge is 0.288 e. The van der Waals surface area contributed by atoms with Crippen molar-refractivity contribution in [1.82, 2.24) is 24.7 Å². The van der Waals surface area contributed by atoms with Crippen LogP contribution >= 0.6 is 0 Å². The predicted molar refractivity (Wildman–Crippen MR) is 62.6 cm³/mol. The summed E-state index contributed by atoms with van der Waals surface area (Å²) in [4.78, 5) is 23.4. The highest BCUT2D eigenvalue weighted by Gasteiger charge is 2.19. The number of imidazole rings is 1. The van der Waals surface area contributed by atoms with Gasteiger partial charge in [-0.15, -0.1) is 5.10 Å². The molecular weight excluding hydrogens is 234 g/mol. The summed E-state index contributed by atoms with van der Waals surface area (Å²) in [5.74, 6) is 0.606. The van der Waals surface area contributed by atoms with Crippen LogP contribution in [0.3, 0.4) is 0 Å². The fourth-order valence-electron chi connectivity index (χ4n) is 1.87. The van der Waals surface area contributed by atoms with Gasteiger partial charge >= 0.3 is 0 Å². The van der Waals surface area contributed by atoms with E-state index in [0.717, 1.165) is 13.0 Å². The van der Waals surface area contributed by atoms with E-state index in [1.807, 2.05) is 10.8 Å². The highest BCUT2D eigenvalue weighted by molar-refractivity contribution is 5.88. The SMILES string of the molecule is NC(=O)c1n[nH]c(C2C=Nc3nccn3CC2)n1. The number of amides is 1. The summed E-state index contributed by atoms with van der Waals surface area (Å²) < 4.78 is 1.96. The van der Waals surface area contributed by atoms with Gasteiger partial charge in [0, 0.05) is 25.2 Å². The zero-order chi connectivity index (χ0) is 12.5. The van der Waals surface area contributed by atoms with Crippen LogP contribution < -0.4 is 5.73 Å². The first-order valence-corrected chi connectivity index (χ1v) is 5.51. The van der Waals surface area contributed by atoms with Crippen LogP contribution in [0.15, 0.2) is 17.4 Å². The van der Waals surface area contributed by atoms with Gasteiger partial charge in [0.1, 0.15) is 5.82 Å². The zero-order valence-corrected chi connectivity index (χ0v) is 9.45. The minimum absolute atomic E-state index is 0.000355. The van der Waals surface area contributed by atoms with Crippen molar-refractivity contribution in [3.63, 3.8) is 0 Å². The highest BCUT2D eigenvalue weighted by Crippen LogP contribution is 2.21. The van der Waals surface area contributed by atoms with E-state index >= 15 is 0 Å². The van der Waals surface area contributed by atoms with Crippen LogP contribution in [0.2, 0.25) is 0 Å². The lowest BCUT2D eigenvalue weighted by molar-refractivity contribution is 0.0991. The Hall–Kier alpha value is -2.51. The van der Waals surface area contributed by atoms with Crippen molar-refractivity contribution in [3.05, 3.63) is 24.0 Å². The summed E-state index contributed by atoms with van der Waals surface area (Å²) in [5, 5.41) is 6.48. The Labute approximate surface area is 102 Å². The summed E-state index contributed by atoms with van der Waals surface area (Å²) in [5.41, 5.74) is 5.11. The number of carbonyl (C=O) groups excluding carboxylic acids is 1. The van der Waals surface area contributed by atoms with E-state index in [1.165, 1.54) is 0 Å². The number of aromatic amines is 1. The molecule has 0 spiro atoms. The lowest BCUT2D eigenvalue weighted by atomic mass is 10.1. The zero-order valence-electron chi connectivity index (χ0n) is 9.45. The number of H-pyrrole nitrogens is 1. The number of fused-ring (bicyclic) bond motifs is 1. The number of aliphatic imine (C=N–C) groups is 1. The van der Waals surface area contributed by atoms with Gasteiger partial charge in [0.05, 0.1) is 5.92 Å². The second kappa shape index (κ2) is 4.06. The van der Waals surface area contributed by atoms with Gasteiger partial charge in [-0.25, -0.2) is 15.0 Å². The summed E-state index contributed by atoms with van der Waals surface area (Å²) in [6.07, 6.45) is 6.16. The summed E-state index contributed by atoms with van der Waals surface area (Å²) in [7, 11) is 0. The van der Waals surface area contributed by atoms with Crippen molar-refractivity contribution in [1.29, 1.82) is 0 Å². The molecule has 0 fully saturated rings. The summed E-state index contributed by atoms with van der Waals surface area (Å²) in [6, 6.07) is 0. The van der Waals surface area contributed by atoms with E-state index in [-0.39, 0.29) is 11.7 Å². The minimum Gasteiger partial charge on any atom is -0.363 e. The van der Waals surface area contributed by atoms with Gasteiger partial charge in [-0.05, 0) is 6.42 Å². The third-order valence-corrected chi connectivity index (χ3v) is 2.82. The van der Waals surface area contributed by atoms with Crippen LogP contribution in [0.1, 0.15) is 28.8 Å². The van der Waals surface area contributed by atoms with E-state index in [0.29, 0.717) is 11.8 Å². The average Bonchev–Trinajstić information content (AvgIpc) is 2.96. The van der Waals surface area contributed by atoms with E-state index in [9.17, 15) is 4.79 Å². The number of primary amides is 1. The Morgan fingerprint density at radius 3 is 3.22 bits per heavy atom. The number of aryl methyl sites for hydroxylation is 1. The molecular formula is C10H11N7O. The van der Waals surface area contributed by atoms with Crippen LogP contribution in [0.4, 0.5) is 5.95 Å². The fraction of sp³-hybridized carbons (Fsp3) is 0.300. The maximum absolute atomic E-state index is 10.9. The molecule has 3 N–H and O–H groups in total. The van der Waals surface area contributed by atoms with Crippen molar-refractivity contribution in [2.24, 2.45) is 10.7 Å². The molecule has 0 saturated heterocycles. The molecule has 0 aromatic carbocycles. The van der Waals surface area contributed by atoms with Gasteiger partial charge in [-0.2, -0.15) is 0 Å². The molecule has 3 heterocycles. The molecule has 1 unspecified atom stereocenters. The molecule has 1 aliphatic rings. The van der Waals surface area contributed by atoms with Crippen LogP contribution in [0.25, 0.3) is 0 Å². The fourth-order valence-corrected chi connectivity index (χ4v) is 1.87. The average molecular weight is 245 g/mol. The van der Waals surface area contributed by atoms with Crippen molar-refractivity contribution in [2.75, 3.05) is 0 Å². The van der Waals surface area contributed by atoms with Crippen molar-refractivity contribution in [3.8, 4) is 0 Å². The molecule has 18 heavy (non-hydrogen) atoms. The summed E-state index contributed by atoms with van der Waals surface area (Å²) in [6.45, 7) is 0.784. The van der Waals surface area contributed by atoms with Gasteiger partial charge in [0.15, 0.2) is 0 Å². The van der Waals surface area contributed by atoms with E-state index in [1.54, 1.807) is 12.4 Å². The van der Waals surface area contributed by atoms with Crippen LogP contribution in [0.5, 0.6) is 0 Å². The number of aromatic nitrogens is 5. The topological polar surface area (TPSA) is 115 Å². The van der Waals surface area contributed by atoms with Gasteiger partial charge < -0.3 is 10.3 Å². The Morgan fingerprint density at radius 1 is 1.56 bits per heavy atom. The van der Waals surface area contributed by atoms with Gasteiger partial charge in [0.2, 0.25) is 11.8 Å². The molecule has 0 saturated carbocycles. The standard InChI is InChI=1S/C10H11N7O/c11-7(18)9-14-8(15-16-9)6-1-3-17-4-2-12-10(17)13-5-6/h2,4-6H,1,3H2,(H2,11,18)(H,14,15,16). The van der Waals surface area contributed by atoms with Crippen molar-refractivity contribution >= 4 is 18.1 Å². The number of nitrogens with two attached hydrogens (primary N) is 1. The second-order valence-corrected chi connectivity index (χ2v) is 4.00. The van der Waals surface area contributed by atoms with E-state index in [2.05, 4.69) is 25.2 Å². The van der Waals surface area contributed by atoms with Crippen LogP contribution in [0, 0.1) is 0 Å². The largest absolute Gasteiger partial charge is 0.363 e. The molecule has 1 atom stereocenters. The monoisotopic (exact) mass is 245 g/mol. The molecule has 92 valence electrons. The van der Waals surface area contributed by atoms with Crippen molar-refractivity contribution < 1.29 is 4.79 Å². The molecule has 1 amide bonds. The van der Waals surface area contributed by atoms with Crippen LogP contribution in [-0.2, 0) is 6.54 Å². The molecule has 2 aromatic rings. The Balaban J connectivity index is 1.85. The second-order valence-electron chi connectivity index (χ2n) is 4.00. The molecule has 8 nitrogen and oxygen atoms in total. The molecule has 0 bridgehead atoms. The molecule has 1 aliphatic heterocycles. The van der Waals surface area contributed by atoms with Gasteiger partial charge in [0.25, 0.3) is 5.91 Å². The highest BCUT2D eigenvalue weighted by atomic mass is 16.1. The maximum Gasteiger partial charge on any atom is 0.288 e. The molecule has 0 aliphatic carbocycles.